The molecular formula is C21H18N2O6. The average Bonchev–Trinajstić information content (AvgIpc) is 2.87. The molecule has 2 aromatic carbocycles. The molecule has 4 rings (SSSR count). The maximum absolute atomic E-state index is 12.3. The minimum atomic E-state index is -1.06. The van der Waals surface area contributed by atoms with Crippen LogP contribution in [0, 0.1) is 0 Å². The van der Waals surface area contributed by atoms with Gasteiger partial charge in [0.05, 0.1) is 0 Å². The molecule has 0 aliphatic carbocycles. The monoisotopic (exact) mass is 394 g/mol. The van der Waals surface area contributed by atoms with Gasteiger partial charge in [0.1, 0.15) is 24.3 Å². The molecule has 1 aliphatic heterocycles. The highest BCUT2D eigenvalue weighted by atomic mass is 16.5. The SMILES string of the molecule is CC1(C)NC(=O)N(CC(=O)OCc2cc(=O)oc3ccc4ccccc4c23)C1=O. The molecular weight excluding hydrogens is 376 g/mol. The zero-order valence-corrected chi connectivity index (χ0v) is 15.9. The van der Waals surface area contributed by atoms with Gasteiger partial charge < -0.3 is 14.5 Å². The van der Waals surface area contributed by atoms with Crippen LogP contribution in [0.2, 0.25) is 0 Å². The van der Waals surface area contributed by atoms with E-state index in [0.717, 1.165) is 15.7 Å². The standard InChI is InChI=1S/C21H18N2O6/c1-21(2)19(26)23(20(27)22-21)10-17(25)28-11-13-9-16(24)29-15-8-7-12-5-3-4-6-14(12)18(13)15/h3-9H,10-11H2,1-2H3,(H,22,27). The van der Waals surface area contributed by atoms with Crippen LogP contribution >= 0.6 is 0 Å². The van der Waals surface area contributed by atoms with Crippen molar-refractivity contribution in [3.63, 3.8) is 0 Å². The molecule has 0 unspecified atom stereocenters. The van der Waals surface area contributed by atoms with Crippen LogP contribution in [0.25, 0.3) is 21.7 Å². The van der Waals surface area contributed by atoms with Gasteiger partial charge in [-0.3, -0.25) is 14.5 Å². The summed E-state index contributed by atoms with van der Waals surface area (Å²) in [7, 11) is 0. The third-order valence-corrected chi connectivity index (χ3v) is 4.83. The maximum Gasteiger partial charge on any atom is 0.336 e. The number of urea groups is 1. The first-order valence-electron chi connectivity index (χ1n) is 9.00. The summed E-state index contributed by atoms with van der Waals surface area (Å²) in [4.78, 5) is 49.1. The van der Waals surface area contributed by atoms with Crippen LogP contribution in [-0.4, -0.2) is 34.9 Å². The van der Waals surface area contributed by atoms with Crippen molar-refractivity contribution in [1.29, 1.82) is 0 Å². The van der Waals surface area contributed by atoms with E-state index in [-0.39, 0.29) is 6.61 Å². The Balaban J connectivity index is 1.59. The predicted molar refractivity (Wildman–Crippen MR) is 104 cm³/mol. The molecule has 1 fully saturated rings. The summed E-state index contributed by atoms with van der Waals surface area (Å²) in [6.07, 6.45) is 0. The summed E-state index contributed by atoms with van der Waals surface area (Å²) in [6.45, 7) is 2.41. The number of esters is 1. The lowest BCUT2D eigenvalue weighted by Gasteiger charge is -2.15. The number of hydrogen-bond acceptors (Lipinski definition) is 6. The largest absolute Gasteiger partial charge is 0.459 e. The summed E-state index contributed by atoms with van der Waals surface area (Å²) in [5, 5.41) is 4.98. The first-order valence-corrected chi connectivity index (χ1v) is 9.00. The quantitative estimate of drug-likeness (QED) is 0.315. The van der Waals surface area contributed by atoms with Crippen molar-refractivity contribution < 1.29 is 23.5 Å². The number of amides is 3. The molecule has 1 saturated heterocycles. The molecule has 2 heterocycles. The third kappa shape index (κ3) is 3.33. The highest BCUT2D eigenvalue weighted by Gasteiger charge is 2.45. The topological polar surface area (TPSA) is 106 Å². The van der Waals surface area contributed by atoms with Gasteiger partial charge in [-0.15, -0.1) is 0 Å². The van der Waals surface area contributed by atoms with E-state index in [0.29, 0.717) is 16.5 Å². The smallest absolute Gasteiger partial charge is 0.336 e. The Bertz CT molecular complexity index is 1230. The maximum atomic E-state index is 12.3. The number of carbonyl (C=O) groups excluding carboxylic acids is 3. The Morgan fingerprint density at radius 1 is 1.14 bits per heavy atom. The van der Waals surface area contributed by atoms with Gasteiger partial charge in [0.2, 0.25) is 0 Å². The van der Waals surface area contributed by atoms with Crippen molar-refractivity contribution >= 4 is 39.6 Å². The number of carbonyl (C=O) groups is 3. The zero-order chi connectivity index (χ0) is 20.8. The van der Waals surface area contributed by atoms with Gasteiger partial charge in [0.15, 0.2) is 0 Å². The first-order chi connectivity index (χ1) is 13.8. The molecule has 0 bridgehead atoms. The second-order valence-electron chi connectivity index (χ2n) is 7.36. The molecule has 1 N–H and O–H groups in total. The molecule has 8 nitrogen and oxygen atoms in total. The Morgan fingerprint density at radius 3 is 2.62 bits per heavy atom. The lowest BCUT2D eigenvalue weighted by Crippen LogP contribution is -2.41. The van der Waals surface area contributed by atoms with Gasteiger partial charge >= 0.3 is 17.6 Å². The van der Waals surface area contributed by atoms with Crippen molar-refractivity contribution in [3.05, 3.63) is 58.4 Å². The van der Waals surface area contributed by atoms with Gasteiger partial charge in [-0.25, -0.2) is 9.59 Å². The lowest BCUT2D eigenvalue weighted by atomic mass is 10.0. The average molecular weight is 394 g/mol. The highest BCUT2D eigenvalue weighted by Crippen LogP contribution is 2.27. The highest BCUT2D eigenvalue weighted by molar-refractivity contribution is 6.08. The van der Waals surface area contributed by atoms with Gasteiger partial charge in [-0.05, 0) is 30.7 Å². The van der Waals surface area contributed by atoms with Crippen molar-refractivity contribution in [3.8, 4) is 0 Å². The Kier molecular flexibility index (Phi) is 4.34. The summed E-state index contributed by atoms with van der Waals surface area (Å²) in [6, 6.07) is 11.7. The molecule has 0 atom stereocenters. The lowest BCUT2D eigenvalue weighted by molar-refractivity contribution is -0.148. The zero-order valence-electron chi connectivity index (χ0n) is 15.9. The van der Waals surface area contributed by atoms with Gasteiger partial charge in [-0.2, -0.15) is 0 Å². The van der Waals surface area contributed by atoms with E-state index in [4.69, 9.17) is 9.15 Å². The van der Waals surface area contributed by atoms with E-state index >= 15 is 0 Å². The van der Waals surface area contributed by atoms with E-state index in [2.05, 4.69) is 5.32 Å². The van der Waals surface area contributed by atoms with Crippen molar-refractivity contribution in [1.82, 2.24) is 10.2 Å². The summed E-state index contributed by atoms with van der Waals surface area (Å²) in [5.74, 6) is -1.26. The number of rotatable bonds is 4. The second kappa shape index (κ2) is 6.73. The Labute approximate surface area is 165 Å². The van der Waals surface area contributed by atoms with Crippen LogP contribution < -0.4 is 10.9 Å². The van der Waals surface area contributed by atoms with Crippen LogP contribution in [0.15, 0.2) is 51.7 Å². The molecule has 1 aromatic heterocycles. The normalized spacial score (nSPS) is 15.7. The van der Waals surface area contributed by atoms with Gasteiger partial charge in [-0.1, -0.05) is 30.3 Å². The number of nitrogens with zero attached hydrogens (tertiary/aromatic N) is 1. The first kappa shape index (κ1) is 18.7. The van der Waals surface area contributed by atoms with Crippen LogP contribution in [0.5, 0.6) is 0 Å². The molecule has 3 amide bonds. The van der Waals surface area contributed by atoms with E-state index in [9.17, 15) is 19.2 Å². The molecule has 0 saturated carbocycles. The fraction of sp³-hybridized carbons (Fsp3) is 0.238. The van der Waals surface area contributed by atoms with Gasteiger partial charge in [0, 0.05) is 17.0 Å². The van der Waals surface area contributed by atoms with E-state index in [1.54, 1.807) is 19.9 Å². The molecule has 0 radical (unpaired) electrons. The molecule has 1 aliphatic rings. The van der Waals surface area contributed by atoms with Crippen LogP contribution in [-0.2, 0) is 20.9 Å². The summed E-state index contributed by atoms with van der Waals surface area (Å²) < 4.78 is 10.5. The van der Waals surface area contributed by atoms with Crippen LogP contribution in [0.4, 0.5) is 4.79 Å². The van der Waals surface area contributed by atoms with E-state index in [1.165, 1.54) is 6.07 Å². The molecule has 3 aromatic rings. The number of benzene rings is 2. The molecule has 29 heavy (non-hydrogen) atoms. The van der Waals surface area contributed by atoms with Crippen molar-refractivity contribution in [2.24, 2.45) is 0 Å². The Morgan fingerprint density at radius 2 is 1.90 bits per heavy atom. The number of imide groups is 1. The third-order valence-electron chi connectivity index (χ3n) is 4.83. The van der Waals surface area contributed by atoms with Crippen LogP contribution in [0.3, 0.4) is 0 Å². The van der Waals surface area contributed by atoms with Crippen LogP contribution in [0.1, 0.15) is 19.4 Å². The van der Waals surface area contributed by atoms with Crippen molar-refractivity contribution in [2.75, 3.05) is 6.54 Å². The molecule has 0 spiro atoms. The fourth-order valence-electron chi connectivity index (χ4n) is 3.43. The molecule has 8 heteroatoms. The number of nitrogens with one attached hydrogen (secondary N) is 1. The fourth-order valence-corrected chi connectivity index (χ4v) is 3.43. The Hall–Kier alpha value is -3.68. The van der Waals surface area contributed by atoms with E-state index in [1.807, 2.05) is 30.3 Å². The molecule has 148 valence electrons. The minimum absolute atomic E-state index is 0.192. The van der Waals surface area contributed by atoms with Crippen molar-refractivity contribution in [2.45, 2.75) is 26.0 Å². The second-order valence-corrected chi connectivity index (χ2v) is 7.36. The summed E-state index contributed by atoms with van der Waals surface area (Å²) >= 11 is 0. The predicted octanol–water partition coefficient (Wildman–Crippen LogP) is 2.32. The summed E-state index contributed by atoms with van der Waals surface area (Å²) in [5.41, 5.74) is -0.753. The minimum Gasteiger partial charge on any atom is -0.459 e. The van der Waals surface area contributed by atoms with Gasteiger partial charge in [0.25, 0.3) is 5.91 Å². The number of fused-ring (bicyclic) bond motifs is 3. The number of hydrogen-bond donors (Lipinski definition) is 1. The number of ether oxygens (including phenoxy) is 1. The van der Waals surface area contributed by atoms with E-state index < -0.39 is 35.6 Å².